The molecule has 0 bridgehead atoms. The third-order valence-electron chi connectivity index (χ3n) is 5.09. The van der Waals surface area contributed by atoms with Crippen LogP contribution in [0.4, 0.5) is 4.39 Å². The van der Waals surface area contributed by atoms with E-state index in [-0.39, 0.29) is 18.0 Å². The van der Waals surface area contributed by atoms with E-state index < -0.39 is 18.8 Å². The van der Waals surface area contributed by atoms with Crippen molar-refractivity contribution in [3.63, 3.8) is 0 Å². The van der Waals surface area contributed by atoms with Crippen LogP contribution in [0.3, 0.4) is 0 Å². The smallest absolute Gasteiger partial charge is 0.265 e. The molecular weight excluding hydrogens is 359 g/mol. The van der Waals surface area contributed by atoms with Gasteiger partial charge in [-0.15, -0.1) is 0 Å². The summed E-state index contributed by atoms with van der Waals surface area (Å²) in [4.78, 5) is 13.5. The number of hydrogen-bond donors (Lipinski definition) is 4. The molecular formula is C21H31FN4O2. The third kappa shape index (κ3) is 6.15. The van der Waals surface area contributed by atoms with Crippen LogP contribution in [-0.2, 0) is 4.79 Å². The van der Waals surface area contributed by atoms with Crippen molar-refractivity contribution in [1.29, 1.82) is 0 Å². The van der Waals surface area contributed by atoms with Gasteiger partial charge in [0.25, 0.3) is 5.91 Å². The normalized spacial score (nSPS) is 19.8. The quantitative estimate of drug-likeness (QED) is 0.120. The zero-order chi connectivity index (χ0) is 20.4. The van der Waals surface area contributed by atoms with Gasteiger partial charge in [0.05, 0.1) is 0 Å². The first kappa shape index (κ1) is 22.1. The Morgan fingerprint density at radius 3 is 2.75 bits per heavy atom. The van der Waals surface area contributed by atoms with Crippen LogP contribution in [0.2, 0.25) is 0 Å². The van der Waals surface area contributed by atoms with Crippen LogP contribution in [0.5, 0.6) is 0 Å². The summed E-state index contributed by atoms with van der Waals surface area (Å²) in [5.41, 5.74) is 3.64. The van der Waals surface area contributed by atoms with Gasteiger partial charge in [-0.1, -0.05) is 30.9 Å². The molecule has 0 aromatic rings. The first-order chi connectivity index (χ1) is 13.6. The minimum absolute atomic E-state index is 0.126. The molecule has 154 valence electrons. The first-order valence-corrected chi connectivity index (χ1v) is 9.72. The maximum Gasteiger partial charge on any atom is 0.265 e. The molecule has 1 heterocycles. The van der Waals surface area contributed by atoms with E-state index in [1.54, 1.807) is 6.08 Å². The summed E-state index contributed by atoms with van der Waals surface area (Å²) in [6.07, 6.45) is 13.5. The number of hydrogen-bond acceptors (Lipinski definition) is 5. The molecule has 2 rings (SSSR count). The topological polar surface area (TPSA) is 90.6 Å². The number of aliphatic hydroxyl groups is 1. The molecule has 1 fully saturated rings. The van der Waals surface area contributed by atoms with Crippen molar-refractivity contribution >= 4 is 5.91 Å². The molecule has 1 atom stereocenters. The van der Waals surface area contributed by atoms with E-state index >= 15 is 0 Å². The van der Waals surface area contributed by atoms with Gasteiger partial charge in [-0.05, 0) is 56.5 Å². The first-order valence-electron chi connectivity index (χ1n) is 9.72. The number of allylic oxidation sites excluding steroid dienone is 5. The van der Waals surface area contributed by atoms with E-state index in [9.17, 15) is 14.3 Å². The standard InChI is InChI=1S/C21H31FN4O2/c1-2-17(20(27)25-23)9-8-16(14-22)15-26(19-6-4-3-5-7-19)21(28)18-10-12-24-13-11-18/h2,4,6-9,18,21,24,28H,1,3,5,10-15,23H2,(H,25,27)/b16-8+,17-9+. The van der Waals surface area contributed by atoms with Gasteiger partial charge in [-0.2, -0.15) is 0 Å². The molecule has 1 saturated heterocycles. The number of piperidine rings is 1. The third-order valence-corrected chi connectivity index (χ3v) is 5.09. The summed E-state index contributed by atoms with van der Waals surface area (Å²) in [7, 11) is 0. The van der Waals surface area contributed by atoms with Crippen molar-refractivity contribution < 1.29 is 14.3 Å². The molecule has 1 aliphatic heterocycles. The molecule has 5 N–H and O–H groups in total. The van der Waals surface area contributed by atoms with Crippen molar-refractivity contribution in [2.75, 3.05) is 26.3 Å². The number of hydrazine groups is 1. The van der Waals surface area contributed by atoms with Gasteiger partial charge in [0.15, 0.2) is 0 Å². The lowest BCUT2D eigenvalue weighted by Crippen LogP contribution is -2.45. The molecule has 1 unspecified atom stereocenters. The van der Waals surface area contributed by atoms with Crippen LogP contribution in [-0.4, -0.2) is 48.5 Å². The number of rotatable bonds is 9. The summed E-state index contributed by atoms with van der Waals surface area (Å²) in [6, 6.07) is 0. The Morgan fingerprint density at radius 2 is 2.18 bits per heavy atom. The predicted octanol–water partition coefficient (Wildman–Crippen LogP) is 1.84. The Kier molecular flexibility index (Phi) is 9.13. The molecule has 0 aromatic heterocycles. The molecule has 6 nitrogen and oxygen atoms in total. The molecule has 0 radical (unpaired) electrons. The largest absolute Gasteiger partial charge is 0.373 e. The Labute approximate surface area is 166 Å². The van der Waals surface area contributed by atoms with Crippen molar-refractivity contribution in [2.45, 2.75) is 31.9 Å². The van der Waals surface area contributed by atoms with E-state index in [1.807, 2.05) is 16.4 Å². The molecule has 0 saturated carbocycles. The van der Waals surface area contributed by atoms with E-state index in [0.717, 1.165) is 44.5 Å². The lowest BCUT2D eigenvalue weighted by Gasteiger charge is -2.38. The lowest BCUT2D eigenvalue weighted by molar-refractivity contribution is -0.117. The summed E-state index contributed by atoms with van der Waals surface area (Å²) >= 11 is 0. The zero-order valence-electron chi connectivity index (χ0n) is 16.2. The fourth-order valence-electron chi connectivity index (χ4n) is 3.43. The molecule has 1 amide bonds. The van der Waals surface area contributed by atoms with Gasteiger partial charge in [0.2, 0.25) is 0 Å². The second-order valence-corrected chi connectivity index (χ2v) is 7.00. The average molecular weight is 391 g/mol. The van der Waals surface area contributed by atoms with Gasteiger partial charge >= 0.3 is 0 Å². The monoisotopic (exact) mass is 390 g/mol. The van der Waals surface area contributed by atoms with Crippen LogP contribution >= 0.6 is 0 Å². The highest BCUT2D eigenvalue weighted by molar-refractivity contribution is 5.95. The van der Waals surface area contributed by atoms with Crippen molar-refractivity contribution in [3.8, 4) is 0 Å². The Bertz CT molecular complexity index is 663. The highest BCUT2D eigenvalue weighted by atomic mass is 19.1. The van der Waals surface area contributed by atoms with Gasteiger partial charge in [0.1, 0.15) is 12.9 Å². The zero-order valence-corrected chi connectivity index (χ0v) is 16.2. The Hall–Kier alpha value is -2.22. The molecule has 2 aliphatic rings. The molecule has 0 spiro atoms. The number of carbonyl (C=O) groups excluding carboxylic acids is 1. The van der Waals surface area contributed by atoms with Crippen LogP contribution in [0.1, 0.15) is 25.7 Å². The van der Waals surface area contributed by atoms with Gasteiger partial charge in [-0.25, -0.2) is 10.2 Å². The number of halogens is 1. The van der Waals surface area contributed by atoms with Gasteiger partial charge < -0.3 is 15.3 Å². The maximum atomic E-state index is 13.7. The second-order valence-electron chi connectivity index (χ2n) is 7.00. The number of aliphatic hydroxyl groups excluding tert-OH is 1. The van der Waals surface area contributed by atoms with E-state index in [2.05, 4.69) is 24.0 Å². The Morgan fingerprint density at radius 1 is 1.43 bits per heavy atom. The fourth-order valence-corrected chi connectivity index (χ4v) is 3.43. The number of nitrogens with one attached hydrogen (secondary N) is 2. The van der Waals surface area contributed by atoms with E-state index in [4.69, 9.17) is 5.84 Å². The fraction of sp³-hybridized carbons (Fsp3) is 0.476. The summed E-state index contributed by atoms with van der Waals surface area (Å²) < 4.78 is 13.7. The van der Waals surface area contributed by atoms with Crippen molar-refractivity contribution in [1.82, 2.24) is 15.6 Å². The summed E-state index contributed by atoms with van der Waals surface area (Å²) in [6.45, 7) is 4.87. The predicted molar refractivity (Wildman–Crippen MR) is 109 cm³/mol. The molecule has 7 heteroatoms. The van der Waals surface area contributed by atoms with E-state index in [1.165, 1.54) is 12.2 Å². The van der Waals surface area contributed by atoms with Gasteiger partial charge in [-0.3, -0.25) is 10.2 Å². The second kappa shape index (κ2) is 11.6. The number of nitrogens with two attached hydrogens (primary N) is 1. The molecule has 28 heavy (non-hydrogen) atoms. The highest BCUT2D eigenvalue weighted by Crippen LogP contribution is 2.26. The Balaban J connectivity index is 2.23. The minimum Gasteiger partial charge on any atom is -0.373 e. The van der Waals surface area contributed by atoms with Gasteiger partial charge in [0, 0.05) is 23.7 Å². The number of nitrogens with zero attached hydrogens (tertiary/aromatic N) is 1. The van der Waals surface area contributed by atoms with Crippen LogP contribution in [0.15, 0.2) is 59.9 Å². The van der Waals surface area contributed by atoms with E-state index in [0.29, 0.717) is 5.57 Å². The average Bonchev–Trinajstić information content (AvgIpc) is 2.76. The number of alkyl halides is 1. The number of carbonyl (C=O) groups is 1. The van der Waals surface area contributed by atoms with Crippen LogP contribution in [0.25, 0.3) is 0 Å². The van der Waals surface area contributed by atoms with Crippen LogP contribution < -0.4 is 16.6 Å². The summed E-state index contributed by atoms with van der Waals surface area (Å²) in [5.74, 6) is 4.78. The minimum atomic E-state index is -0.693. The van der Waals surface area contributed by atoms with Crippen LogP contribution in [0, 0.1) is 5.92 Å². The lowest BCUT2D eigenvalue weighted by atomic mass is 9.94. The maximum absolute atomic E-state index is 13.7. The summed E-state index contributed by atoms with van der Waals surface area (Å²) in [5, 5.41) is 14.3. The SMILES string of the molecule is C=C/C(=C\C=C(/CF)CN(C1=CCCC=C1)C(O)C1CCNCC1)C(=O)NN. The number of amides is 1. The molecule has 1 aliphatic carbocycles. The molecule has 0 aromatic carbocycles. The van der Waals surface area contributed by atoms with Crippen molar-refractivity contribution in [3.05, 3.63) is 59.9 Å². The van der Waals surface area contributed by atoms with Crippen molar-refractivity contribution in [2.24, 2.45) is 11.8 Å². The highest BCUT2D eigenvalue weighted by Gasteiger charge is 2.28.